The van der Waals surface area contributed by atoms with Crippen LogP contribution in [0.15, 0.2) is 42.5 Å². The van der Waals surface area contributed by atoms with Gasteiger partial charge in [0, 0.05) is 22.6 Å². The number of benzene rings is 2. The second kappa shape index (κ2) is 6.38. The molecule has 0 amide bonds. The van der Waals surface area contributed by atoms with E-state index in [9.17, 15) is 4.39 Å². The van der Waals surface area contributed by atoms with Crippen molar-refractivity contribution in [2.24, 2.45) is 0 Å². The van der Waals surface area contributed by atoms with Gasteiger partial charge >= 0.3 is 0 Å². The molecule has 1 atom stereocenters. The maximum absolute atomic E-state index is 12.9. The van der Waals surface area contributed by atoms with Crippen LogP contribution in [0.4, 0.5) is 4.39 Å². The van der Waals surface area contributed by atoms with Gasteiger partial charge in [-0.1, -0.05) is 41.4 Å². The number of nitrogens with one attached hydrogen (secondary N) is 1. The van der Waals surface area contributed by atoms with E-state index >= 15 is 0 Å². The minimum atomic E-state index is -0.320. The van der Waals surface area contributed by atoms with Gasteiger partial charge in [0.15, 0.2) is 0 Å². The predicted molar refractivity (Wildman–Crippen MR) is 78.1 cm³/mol. The van der Waals surface area contributed by atoms with Gasteiger partial charge in [-0.05, 0) is 42.3 Å². The third-order valence-corrected chi connectivity index (χ3v) is 3.59. The quantitative estimate of drug-likeness (QED) is 0.839. The van der Waals surface area contributed by atoms with Crippen LogP contribution in [0.1, 0.15) is 24.1 Å². The largest absolute Gasteiger partial charge is 0.306 e. The van der Waals surface area contributed by atoms with Crippen molar-refractivity contribution in [3.63, 3.8) is 0 Å². The monoisotopic (exact) mass is 297 g/mol. The van der Waals surface area contributed by atoms with E-state index in [4.69, 9.17) is 23.2 Å². The molecule has 0 unspecified atom stereocenters. The van der Waals surface area contributed by atoms with Gasteiger partial charge in [0.2, 0.25) is 0 Å². The lowest BCUT2D eigenvalue weighted by molar-refractivity contribution is 0.573. The van der Waals surface area contributed by atoms with Crippen LogP contribution in [-0.2, 0) is 6.54 Å². The predicted octanol–water partition coefficient (Wildman–Crippen LogP) is 4.98. The van der Waals surface area contributed by atoms with Crippen molar-refractivity contribution in [1.29, 1.82) is 0 Å². The van der Waals surface area contributed by atoms with Crippen molar-refractivity contribution < 1.29 is 4.39 Å². The van der Waals surface area contributed by atoms with Gasteiger partial charge in [-0.15, -0.1) is 0 Å². The molecule has 0 aliphatic rings. The maximum atomic E-state index is 12.9. The van der Waals surface area contributed by atoms with E-state index in [1.807, 2.05) is 24.3 Å². The van der Waals surface area contributed by atoms with Gasteiger partial charge in [-0.25, -0.2) is 4.39 Å². The summed E-state index contributed by atoms with van der Waals surface area (Å²) in [6.07, 6.45) is 0. The molecule has 0 radical (unpaired) electrons. The van der Waals surface area contributed by atoms with Crippen molar-refractivity contribution >= 4 is 23.2 Å². The first-order chi connectivity index (χ1) is 9.06. The van der Waals surface area contributed by atoms with Gasteiger partial charge in [-0.3, -0.25) is 0 Å². The zero-order valence-electron chi connectivity index (χ0n) is 10.5. The number of rotatable bonds is 4. The molecule has 0 aliphatic carbocycles. The summed E-state index contributed by atoms with van der Waals surface area (Å²) in [5.41, 5.74) is 2.02. The minimum Gasteiger partial charge on any atom is -0.306 e. The van der Waals surface area contributed by atoms with Crippen LogP contribution in [0.5, 0.6) is 0 Å². The fourth-order valence-electron chi connectivity index (χ4n) is 1.80. The molecule has 0 aromatic heterocycles. The highest BCUT2D eigenvalue weighted by Crippen LogP contribution is 2.20. The Balaban J connectivity index is 2.00. The van der Waals surface area contributed by atoms with E-state index in [-0.39, 0.29) is 11.9 Å². The first-order valence-electron chi connectivity index (χ1n) is 5.99. The second-order valence-electron chi connectivity index (χ2n) is 4.39. The molecule has 100 valence electrons. The Hall–Kier alpha value is -1.09. The normalized spacial score (nSPS) is 12.4. The Morgan fingerprint density at radius 1 is 1.11 bits per heavy atom. The molecule has 4 heteroatoms. The lowest BCUT2D eigenvalue weighted by atomic mass is 10.1. The molecule has 0 saturated heterocycles. The topological polar surface area (TPSA) is 12.0 Å². The smallest absolute Gasteiger partial charge is 0.124 e. The van der Waals surface area contributed by atoms with Crippen molar-refractivity contribution in [3.8, 4) is 0 Å². The van der Waals surface area contributed by atoms with Gasteiger partial charge in [0.05, 0.1) is 0 Å². The Kier molecular flexibility index (Phi) is 4.81. The summed E-state index contributed by atoms with van der Waals surface area (Å²) in [5, 5.41) is 4.51. The van der Waals surface area contributed by atoms with E-state index < -0.39 is 0 Å². The van der Waals surface area contributed by atoms with Crippen LogP contribution < -0.4 is 5.32 Å². The van der Waals surface area contributed by atoms with E-state index in [1.54, 1.807) is 6.07 Å². The highest BCUT2D eigenvalue weighted by Gasteiger charge is 2.07. The van der Waals surface area contributed by atoms with Crippen molar-refractivity contribution in [3.05, 3.63) is 69.5 Å². The molecule has 0 bridgehead atoms. The summed E-state index contributed by atoms with van der Waals surface area (Å²) in [4.78, 5) is 0. The van der Waals surface area contributed by atoms with Crippen LogP contribution in [0.2, 0.25) is 10.0 Å². The maximum Gasteiger partial charge on any atom is 0.124 e. The fourth-order valence-corrected chi connectivity index (χ4v) is 2.16. The second-order valence-corrected chi connectivity index (χ2v) is 5.23. The van der Waals surface area contributed by atoms with Crippen LogP contribution in [-0.4, -0.2) is 0 Å². The summed E-state index contributed by atoms with van der Waals surface area (Å²) >= 11 is 11.8. The van der Waals surface area contributed by atoms with Crippen LogP contribution in [0, 0.1) is 5.82 Å². The lowest BCUT2D eigenvalue weighted by Crippen LogP contribution is -2.18. The molecule has 0 saturated carbocycles. The number of hydrogen-bond donors (Lipinski definition) is 1. The van der Waals surface area contributed by atoms with E-state index in [2.05, 4.69) is 12.2 Å². The average Bonchev–Trinajstić information content (AvgIpc) is 2.38. The third kappa shape index (κ3) is 3.93. The Bertz CT molecular complexity index is 555. The van der Waals surface area contributed by atoms with E-state index in [0.717, 1.165) is 16.1 Å². The van der Waals surface area contributed by atoms with Crippen molar-refractivity contribution in [1.82, 2.24) is 5.32 Å². The first kappa shape index (κ1) is 14.3. The van der Waals surface area contributed by atoms with Crippen LogP contribution >= 0.6 is 23.2 Å². The Morgan fingerprint density at radius 3 is 2.42 bits per heavy atom. The molecular weight excluding hydrogens is 284 g/mol. The van der Waals surface area contributed by atoms with Crippen molar-refractivity contribution in [2.75, 3.05) is 0 Å². The van der Waals surface area contributed by atoms with Crippen LogP contribution in [0.3, 0.4) is 0 Å². The summed E-state index contributed by atoms with van der Waals surface area (Å²) in [6, 6.07) is 12.3. The van der Waals surface area contributed by atoms with Gasteiger partial charge in [0.25, 0.3) is 0 Å². The Morgan fingerprint density at radius 2 is 1.79 bits per heavy atom. The number of hydrogen-bond acceptors (Lipinski definition) is 1. The fraction of sp³-hybridized carbons (Fsp3) is 0.200. The summed E-state index contributed by atoms with van der Waals surface area (Å²) in [5.74, 6) is -0.320. The van der Waals surface area contributed by atoms with Crippen molar-refractivity contribution in [2.45, 2.75) is 19.5 Å². The molecule has 0 fully saturated rings. The summed E-state index contributed by atoms with van der Waals surface area (Å²) in [6.45, 7) is 2.64. The first-order valence-corrected chi connectivity index (χ1v) is 6.74. The molecule has 2 rings (SSSR count). The Labute approximate surface area is 122 Å². The molecule has 0 heterocycles. The molecule has 0 spiro atoms. The van der Waals surface area contributed by atoms with Crippen LogP contribution in [0.25, 0.3) is 0 Å². The van der Waals surface area contributed by atoms with Gasteiger partial charge in [-0.2, -0.15) is 0 Å². The van der Waals surface area contributed by atoms with E-state index in [1.165, 1.54) is 12.1 Å². The molecular formula is C15H14Cl2FN. The van der Waals surface area contributed by atoms with E-state index in [0.29, 0.717) is 11.6 Å². The molecule has 0 aliphatic heterocycles. The zero-order valence-corrected chi connectivity index (χ0v) is 12.0. The minimum absolute atomic E-state index is 0.165. The molecule has 2 aromatic rings. The SMILES string of the molecule is C[C@@H](NCc1ccc(F)cc1Cl)c1ccc(Cl)cc1. The summed E-state index contributed by atoms with van der Waals surface area (Å²) < 4.78 is 12.9. The molecule has 1 N–H and O–H groups in total. The highest BCUT2D eigenvalue weighted by molar-refractivity contribution is 6.31. The average molecular weight is 298 g/mol. The lowest BCUT2D eigenvalue weighted by Gasteiger charge is -2.15. The molecule has 1 nitrogen and oxygen atoms in total. The highest BCUT2D eigenvalue weighted by atomic mass is 35.5. The molecule has 19 heavy (non-hydrogen) atoms. The summed E-state index contributed by atoms with van der Waals surface area (Å²) in [7, 11) is 0. The van der Waals surface area contributed by atoms with Gasteiger partial charge in [0.1, 0.15) is 5.82 Å². The zero-order chi connectivity index (χ0) is 13.8. The standard InChI is InChI=1S/C15H14Cl2FN/c1-10(11-2-5-13(16)6-3-11)19-9-12-4-7-14(18)8-15(12)17/h2-8,10,19H,9H2,1H3/t10-/m1/s1. The van der Waals surface area contributed by atoms with Gasteiger partial charge < -0.3 is 5.32 Å². The number of halogens is 3. The third-order valence-electron chi connectivity index (χ3n) is 2.98. The molecule has 2 aromatic carbocycles.